The number of pyridine rings is 2. The zero-order valence-electron chi connectivity index (χ0n) is 7.89. The molecule has 0 bridgehead atoms. The average Bonchev–Trinajstić information content (AvgIpc) is 2.29. The fourth-order valence-corrected chi connectivity index (χ4v) is 1.70. The van der Waals surface area contributed by atoms with Crippen molar-refractivity contribution in [1.29, 1.82) is 0 Å². The Kier molecular flexibility index (Phi) is 2.77. The number of aromatic nitrogens is 2. The minimum absolute atomic E-state index is 0. The van der Waals surface area contributed by atoms with Gasteiger partial charge in [-0.1, -0.05) is 12.1 Å². The van der Waals surface area contributed by atoms with Crippen molar-refractivity contribution in [3.63, 3.8) is 0 Å². The number of hydrogen-bond donors (Lipinski definition) is 0. The molecule has 2 heterocycles. The van der Waals surface area contributed by atoms with Crippen LogP contribution in [0.15, 0.2) is 48.8 Å². The molecule has 0 amide bonds. The summed E-state index contributed by atoms with van der Waals surface area (Å²) in [5.41, 5.74) is 2.02. The molecule has 0 aliphatic carbocycles. The zero-order valence-corrected chi connectivity index (χ0v) is 10.6. The molecule has 73 valence electrons. The quantitative estimate of drug-likeness (QED) is 0.572. The molecular weight excluding hydrogens is 358 g/mol. The number of fused-ring (bicyclic) bond motifs is 3. The van der Waals surface area contributed by atoms with E-state index in [1.165, 1.54) is 0 Å². The Labute approximate surface area is 101 Å². The van der Waals surface area contributed by atoms with Crippen LogP contribution in [0.4, 0.5) is 0 Å². The molecule has 0 unspecified atom stereocenters. The fourth-order valence-electron chi connectivity index (χ4n) is 1.70. The normalized spacial score (nSPS) is 10.1. The van der Waals surface area contributed by atoms with E-state index in [1.54, 1.807) is 6.20 Å². The summed E-state index contributed by atoms with van der Waals surface area (Å²) in [7, 11) is 0. The second-order valence-electron chi connectivity index (χ2n) is 3.21. The first kappa shape index (κ1) is 10.2. The molecule has 0 aliphatic heterocycles. The van der Waals surface area contributed by atoms with E-state index in [1.807, 2.05) is 24.4 Å². The number of rotatable bonds is 0. The van der Waals surface area contributed by atoms with E-state index in [0.717, 1.165) is 21.8 Å². The van der Waals surface area contributed by atoms with Crippen molar-refractivity contribution in [2.75, 3.05) is 0 Å². The Morgan fingerprint density at radius 3 is 2.53 bits per heavy atom. The molecule has 0 N–H and O–H groups in total. The summed E-state index contributed by atoms with van der Waals surface area (Å²) in [6.07, 6.45) is 3.62. The van der Waals surface area contributed by atoms with Crippen LogP contribution in [-0.2, 0) is 20.4 Å². The molecule has 3 aromatic rings. The SMILES string of the molecule is [Re].c1cnc2c(c1)ccc1ncccc12. The van der Waals surface area contributed by atoms with Crippen LogP contribution >= 0.6 is 0 Å². The fraction of sp³-hybridized carbons (Fsp3) is 0. The van der Waals surface area contributed by atoms with Gasteiger partial charge in [-0.05, 0) is 24.3 Å². The predicted octanol–water partition coefficient (Wildman–Crippen LogP) is 2.78. The molecule has 0 aliphatic rings. The third kappa shape index (κ3) is 1.65. The molecule has 0 spiro atoms. The second-order valence-corrected chi connectivity index (χ2v) is 3.21. The van der Waals surface area contributed by atoms with E-state index >= 15 is 0 Å². The first-order valence-corrected chi connectivity index (χ1v) is 4.53. The molecule has 3 heteroatoms. The third-order valence-electron chi connectivity index (χ3n) is 2.35. The van der Waals surface area contributed by atoms with Crippen LogP contribution < -0.4 is 0 Å². The van der Waals surface area contributed by atoms with Gasteiger partial charge in [-0.25, -0.2) is 0 Å². The molecule has 15 heavy (non-hydrogen) atoms. The van der Waals surface area contributed by atoms with E-state index in [-0.39, 0.29) is 20.4 Å². The summed E-state index contributed by atoms with van der Waals surface area (Å²) < 4.78 is 0. The second kappa shape index (κ2) is 4.06. The van der Waals surface area contributed by atoms with Gasteiger partial charge < -0.3 is 0 Å². The molecule has 2 nitrogen and oxygen atoms in total. The van der Waals surface area contributed by atoms with Crippen molar-refractivity contribution in [2.24, 2.45) is 0 Å². The first-order valence-electron chi connectivity index (χ1n) is 4.53. The van der Waals surface area contributed by atoms with Gasteiger partial charge in [0.25, 0.3) is 0 Å². The summed E-state index contributed by atoms with van der Waals surface area (Å²) in [6, 6.07) is 12.1. The van der Waals surface area contributed by atoms with Crippen molar-refractivity contribution < 1.29 is 20.4 Å². The van der Waals surface area contributed by atoms with Gasteiger partial charge in [-0.2, -0.15) is 0 Å². The van der Waals surface area contributed by atoms with Crippen molar-refractivity contribution in [2.45, 2.75) is 0 Å². The van der Waals surface area contributed by atoms with Crippen molar-refractivity contribution in [3.05, 3.63) is 48.8 Å². The van der Waals surface area contributed by atoms with Crippen molar-refractivity contribution in [1.82, 2.24) is 9.97 Å². The smallest absolute Gasteiger partial charge is 0.0795 e. The Morgan fingerprint density at radius 2 is 1.60 bits per heavy atom. The standard InChI is InChI=1S/C12H8N2.Re/c1-3-9-5-6-11-10(4-2-7-13-11)12(9)14-8-1;/h1-8H;. The maximum atomic E-state index is 4.37. The van der Waals surface area contributed by atoms with Gasteiger partial charge in [-0.3, -0.25) is 9.97 Å². The van der Waals surface area contributed by atoms with Gasteiger partial charge in [0, 0.05) is 43.6 Å². The molecule has 3 rings (SSSR count). The monoisotopic (exact) mass is 367 g/mol. The van der Waals surface area contributed by atoms with Gasteiger partial charge in [-0.15, -0.1) is 0 Å². The number of hydrogen-bond acceptors (Lipinski definition) is 2. The molecule has 0 fully saturated rings. The van der Waals surface area contributed by atoms with Gasteiger partial charge in [0.2, 0.25) is 0 Å². The van der Waals surface area contributed by atoms with Gasteiger partial charge in [0.1, 0.15) is 0 Å². The van der Waals surface area contributed by atoms with Crippen LogP contribution in [-0.4, -0.2) is 9.97 Å². The van der Waals surface area contributed by atoms with Gasteiger partial charge in [0.15, 0.2) is 0 Å². The Balaban J connectivity index is 0.000000853. The minimum atomic E-state index is 0. The topological polar surface area (TPSA) is 25.8 Å². The van der Waals surface area contributed by atoms with E-state index < -0.39 is 0 Å². The van der Waals surface area contributed by atoms with Crippen LogP contribution in [0.3, 0.4) is 0 Å². The summed E-state index contributed by atoms with van der Waals surface area (Å²) in [5, 5.41) is 2.28. The minimum Gasteiger partial charge on any atom is -0.256 e. The van der Waals surface area contributed by atoms with Gasteiger partial charge in [0.05, 0.1) is 11.0 Å². The van der Waals surface area contributed by atoms with Crippen LogP contribution in [0.2, 0.25) is 0 Å². The largest absolute Gasteiger partial charge is 0.256 e. The molecule has 0 saturated heterocycles. The van der Waals surface area contributed by atoms with Gasteiger partial charge >= 0.3 is 0 Å². The molecule has 1 radical (unpaired) electrons. The molecule has 0 saturated carbocycles. The van der Waals surface area contributed by atoms with Crippen molar-refractivity contribution in [3.8, 4) is 0 Å². The van der Waals surface area contributed by atoms with Crippen LogP contribution in [0.5, 0.6) is 0 Å². The number of benzene rings is 1. The maximum Gasteiger partial charge on any atom is 0.0795 e. The summed E-state index contributed by atoms with van der Waals surface area (Å²) >= 11 is 0. The summed E-state index contributed by atoms with van der Waals surface area (Å²) in [5.74, 6) is 0. The van der Waals surface area contributed by atoms with Crippen LogP contribution in [0, 0.1) is 0 Å². The zero-order chi connectivity index (χ0) is 9.38. The predicted molar refractivity (Wildman–Crippen MR) is 57.0 cm³/mol. The van der Waals surface area contributed by atoms with Crippen LogP contribution in [0.25, 0.3) is 21.8 Å². The van der Waals surface area contributed by atoms with E-state index in [2.05, 4.69) is 28.2 Å². The van der Waals surface area contributed by atoms with E-state index in [4.69, 9.17) is 0 Å². The third-order valence-corrected chi connectivity index (χ3v) is 2.35. The maximum absolute atomic E-state index is 4.37. The Hall–Kier alpha value is -1.30. The Bertz CT molecular complexity index is 553. The molecular formula is C12H8N2Re. The molecule has 0 atom stereocenters. The summed E-state index contributed by atoms with van der Waals surface area (Å²) in [6.45, 7) is 0. The van der Waals surface area contributed by atoms with Crippen LogP contribution in [0.1, 0.15) is 0 Å². The van der Waals surface area contributed by atoms with E-state index in [9.17, 15) is 0 Å². The first-order chi connectivity index (χ1) is 6.95. The van der Waals surface area contributed by atoms with Crippen molar-refractivity contribution >= 4 is 21.8 Å². The molecule has 1 aromatic carbocycles. The summed E-state index contributed by atoms with van der Waals surface area (Å²) in [4.78, 5) is 8.66. The molecule has 2 aromatic heterocycles. The van der Waals surface area contributed by atoms with E-state index in [0.29, 0.717) is 0 Å². The number of nitrogens with zero attached hydrogens (tertiary/aromatic N) is 2. The Morgan fingerprint density at radius 1 is 0.800 bits per heavy atom. The average molecular weight is 366 g/mol.